The highest BCUT2D eigenvalue weighted by molar-refractivity contribution is 5.84. The lowest BCUT2D eigenvalue weighted by Crippen LogP contribution is -2.24. The molecule has 1 heterocycles. The number of furan rings is 1. The maximum Gasteiger partial charge on any atom is 0.371 e. The van der Waals surface area contributed by atoms with Crippen LogP contribution in [0.1, 0.15) is 40.3 Å². The van der Waals surface area contributed by atoms with E-state index >= 15 is 0 Å². The van der Waals surface area contributed by atoms with Crippen molar-refractivity contribution in [2.75, 3.05) is 0 Å². The molecule has 21 heavy (non-hydrogen) atoms. The zero-order chi connectivity index (χ0) is 14.8. The van der Waals surface area contributed by atoms with E-state index in [2.05, 4.69) is 36.1 Å². The van der Waals surface area contributed by atoms with Gasteiger partial charge in [0.05, 0.1) is 6.54 Å². The summed E-state index contributed by atoms with van der Waals surface area (Å²) >= 11 is 0. The average molecular weight is 285 g/mol. The van der Waals surface area contributed by atoms with Gasteiger partial charge in [-0.15, -0.1) is 0 Å². The van der Waals surface area contributed by atoms with Gasteiger partial charge in [-0.05, 0) is 37.5 Å². The standard InChI is InChI=1S/C17H19NO3/c1-12-3-2-4-13(9-12)10-18(14-5-6-14)11-15-7-8-16(21-15)17(19)20/h2-4,7-9,14H,5-6,10-11H2,1H3,(H,19,20). The summed E-state index contributed by atoms with van der Waals surface area (Å²) in [6.45, 7) is 3.62. The van der Waals surface area contributed by atoms with E-state index in [4.69, 9.17) is 9.52 Å². The van der Waals surface area contributed by atoms with E-state index in [1.165, 1.54) is 30.0 Å². The van der Waals surface area contributed by atoms with E-state index in [0.29, 0.717) is 18.3 Å². The number of aromatic carboxylic acids is 1. The van der Waals surface area contributed by atoms with Crippen molar-refractivity contribution in [2.45, 2.75) is 38.9 Å². The number of carbonyl (C=O) groups is 1. The highest BCUT2D eigenvalue weighted by atomic mass is 16.4. The molecule has 1 aliphatic rings. The molecule has 1 fully saturated rings. The lowest BCUT2D eigenvalue weighted by molar-refractivity contribution is 0.0658. The third-order valence-corrected chi connectivity index (χ3v) is 3.76. The second-order valence-corrected chi connectivity index (χ2v) is 5.70. The molecule has 0 unspecified atom stereocenters. The number of benzene rings is 1. The molecule has 1 aromatic heterocycles. The molecule has 2 aromatic rings. The molecule has 0 bridgehead atoms. The van der Waals surface area contributed by atoms with Gasteiger partial charge in [-0.3, -0.25) is 4.90 Å². The van der Waals surface area contributed by atoms with Crippen molar-refractivity contribution in [2.24, 2.45) is 0 Å². The molecule has 1 N–H and O–H groups in total. The molecule has 0 aliphatic heterocycles. The molecule has 0 atom stereocenters. The van der Waals surface area contributed by atoms with Crippen LogP contribution in [0.3, 0.4) is 0 Å². The van der Waals surface area contributed by atoms with Gasteiger partial charge in [-0.2, -0.15) is 0 Å². The van der Waals surface area contributed by atoms with Gasteiger partial charge in [0.25, 0.3) is 0 Å². The minimum atomic E-state index is -1.02. The number of hydrogen-bond acceptors (Lipinski definition) is 3. The van der Waals surface area contributed by atoms with Gasteiger partial charge in [0, 0.05) is 12.6 Å². The van der Waals surface area contributed by atoms with Gasteiger partial charge in [0.15, 0.2) is 0 Å². The molecular formula is C17H19NO3. The fraction of sp³-hybridized carbons (Fsp3) is 0.353. The first-order valence-corrected chi connectivity index (χ1v) is 7.23. The summed E-state index contributed by atoms with van der Waals surface area (Å²) in [5, 5.41) is 8.91. The van der Waals surface area contributed by atoms with Crippen LogP contribution in [0.15, 0.2) is 40.8 Å². The topological polar surface area (TPSA) is 53.7 Å². The first-order valence-electron chi connectivity index (χ1n) is 7.23. The van der Waals surface area contributed by atoms with E-state index < -0.39 is 5.97 Å². The molecule has 0 amide bonds. The van der Waals surface area contributed by atoms with Crippen molar-refractivity contribution in [1.82, 2.24) is 4.90 Å². The van der Waals surface area contributed by atoms with Gasteiger partial charge < -0.3 is 9.52 Å². The predicted octanol–water partition coefficient (Wildman–Crippen LogP) is 3.45. The fourth-order valence-corrected chi connectivity index (χ4v) is 2.58. The molecule has 1 aliphatic carbocycles. The van der Waals surface area contributed by atoms with E-state index in [1.807, 2.05) is 0 Å². The lowest BCUT2D eigenvalue weighted by atomic mass is 10.1. The Hall–Kier alpha value is -2.07. The third-order valence-electron chi connectivity index (χ3n) is 3.76. The molecule has 1 aromatic carbocycles. The number of carboxylic acid groups (broad SMARTS) is 1. The van der Waals surface area contributed by atoms with Crippen molar-refractivity contribution >= 4 is 5.97 Å². The van der Waals surface area contributed by atoms with Crippen LogP contribution in [0.25, 0.3) is 0 Å². The number of hydrogen-bond donors (Lipinski definition) is 1. The summed E-state index contributed by atoms with van der Waals surface area (Å²) in [5.41, 5.74) is 2.54. The number of aryl methyl sites for hydroxylation is 1. The van der Waals surface area contributed by atoms with Crippen LogP contribution >= 0.6 is 0 Å². The highest BCUT2D eigenvalue weighted by Crippen LogP contribution is 2.30. The van der Waals surface area contributed by atoms with Crippen LogP contribution in [-0.4, -0.2) is 22.0 Å². The Morgan fingerprint density at radius 2 is 2.10 bits per heavy atom. The summed E-state index contributed by atoms with van der Waals surface area (Å²) < 4.78 is 5.37. The van der Waals surface area contributed by atoms with Gasteiger partial charge in [-0.25, -0.2) is 4.79 Å². The van der Waals surface area contributed by atoms with E-state index in [0.717, 1.165) is 6.54 Å². The fourth-order valence-electron chi connectivity index (χ4n) is 2.58. The molecule has 110 valence electrons. The third kappa shape index (κ3) is 3.52. The van der Waals surface area contributed by atoms with Crippen LogP contribution < -0.4 is 0 Å². The monoisotopic (exact) mass is 285 g/mol. The Bertz CT molecular complexity index is 643. The first kappa shape index (κ1) is 13.9. The molecular weight excluding hydrogens is 266 g/mol. The van der Waals surface area contributed by atoms with E-state index in [1.54, 1.807) is 6.07 Å². The van der Waals surface area contributed by atoms with Gasteiger partial charge in [0.2, 0.25) is 5.76 Å². The number of carboxylic acids is 1. The number of nitrogens with zero attached hydrogens (tertiary/aromatic N) is 1. The quantitative estimate of drug-likeness (QED) is 0.883. The van der Waals surface area contributed by atoms with Crippen LogP contribution in [-0.2, 0) is 13.1 Å². The van der Waals surface area contributed by atoms with Crippen molar-refractivity contribution < 1.29 is 14.3 Å². The maximum atomic E-state index is 10.9. The Kier molecular flexibility index (Phi) is 3.80. The van der Waals surface area contributed by atoms with Crippen LogP contribution in [0, 0.1) is 6.92 Å². The second-order valence-electron chi connectivity index (χ2n) is 5.70. The molecule has 4 nitrogen and oxygen atoms in total. The van der Waals surface area contributed by atoms with Crippen LogP contribution in [0.2, 0.25) is 0 Å². The highest BCUT2D eigenvalue weighted by Gasteiger charge is 2.29. The van der Waals surface area contributed by atoms with Crippen LogP contribution in [0.5, 0.6) is 0 Å². The Labute approximate surface area is 124 Å². The van der Waals surface area contributed by atoms with Gasteiger partial charge in [0.1, 0.15) is 5.76 Å². The maximum absolute atomic E-state index is 10.9. The zero-order valence-corrected chi connectivity index (χ0v) is 12.1. The summed E-state index contributed by atoms with van der Waals surface area (Å²) in [7, 11) is 0. The molecule has 0 radical (unpaired) electrons. The Morgan fingerprint density at radius 1 is 1.29 bits per heavy atom. The first-order chi connectivity index (χ1) is 10.1. The van der Waals surface area contributed by atoms with Crippen molar-refractivity contribution in [3.8, 4) is 0 Å². The molecule has 4 heteroatoms. The second kappa shape index (κ2) is 5.74. The summed E-state index contributed by atoms with van der Waals surface area (Å²) in [6.07, 6.45) is 2.41. The van der Waals surface area contributed by atoms with Crippen molar-refractivity contribution in [1.29, 1.82) is 0 Å². The van der Waals surface area contributed by atoms with Gasteiger partial charge >= 0.3 is 5.97 Å². The summed E-state index contributed by atoms with van der Waals surface area (Å²) in [4.78, 5) is 13.2. The molecule has 0 spiro atoms. The Morgan fingerprint density at radius 3 is 2.71 bits per heavy atom. The largest absolute Gasteiger partial charge is 0.475 e. The lowest BCUT2D eigenvalue weighted by Gasteiger charge is -2.21. The molecule has 3 rings (SSSR count). The van der Waals surface area contributed by atoms with Crippen molar-refractivity contribution in [3.63, 3.8) is 0 Å². The molecule has 1 saturated carbocycles. The normalized spacial score (nSPS) is 14.6. The smallest absolute Gasteiger partial charge is 0.371 e. The van der Waals surface area contributed by atoms with E-state index in [9.17, 15) is 4.79 Å². The SMILES string of the molecule is Cc1cccc(CN(Cc2ccc(C(=O)O)o2)C2CC2)c1. The Balaban J connectivity index is 1.71. The minimum Gasteiger partial charge on any atom is -0.475 e. The molecule has 0 saturated heterocycles. The number of rotatable bonds is 6. The van der Waals surface area contributed by atoms with Crippen molar-refractivity contribution in [3.05, 3.63) is 59.0 Å². The predicted molar refractivity (Wildman–Crippen MR) is 79.1 cm³/mol. The zero-order valence-electron chi connectivity index (χ0n) is 12.1. The average Bonchev–Trinajstić information content (AvgIpc) is 3.18. The summed E-state index contributed by atoms with van der Waals surface area (Å²) in [5.74, 6) is -0.291. The van der Waals surface area contributed by atoms with Crippen LogP contribution in [0.4, 0.5) is 0 Å². The van der Waals surface area contributed by atoms with E-state index in [-0.39, 0.29) is 5.76 Å². The minimum absolute atomic E-state index is 0.0105. The van der Waals surface area contributed by atoms with Gasteiger partial charge in [-0.1, -0.05) is 29.8 Å². The summed E-state index contributed by atoms with van der Waals surface area (Å²) in [6, 6.07) is 12.4.